The molecule has 2 atom stereocenters. The first-order valence-electron chi connectivity index (χ1n) is 6.31. The Hall–Kier alpha value is -2.36. The van der Waals surface area contributed by atoms with Gasteiger partial charge in [-0.05, 0) is 24.1 Å². The molecular weight excluding hydrogens is 238 g/mol. The lowest BCUT2D eigenvalue weighted by molar-refractivity contribution is 0.0950. The van der Waals surface area contributed by atoms with Crippen LogP contribution >= 0.6 is 0 Å². The molecule has 1 fully saturated rings. The number of anilines is 1. The number of aromatic nitrogens is 1. The number of hydrogen-bond donors (Lipinski definition) is 2. The van der Waals surface area contributed by atoms with E-state index in [-0.39, 0.29) is 11.9 Å². The zero-order valence-electron chi connectivity index (χ0n) is 10.4. The second kappa shape index (κ2) is 4.72. The summed E-state index contributed by atoms with van der Waals surface area (Å²) in [5.74, 6) is 0.713. The van der Waals surface area contributed by atoms with Crippen LogP contribution in [0.5, 0.6) is 0 Å². The SMILES string of the molecule is Nc1cc(C(=O)NC2CC2c2ccccc2)ccn1. The average molecular weight is 253 g/mol. The molecule has 0 aliphatic heterocycles. The van der Waals surface area contributed by atoms with Crippen LogP contribution in [0.4, 0.5) is 5.82 Å². The Balaban J connectivity index is 1.64. The molecule has 1 amide bonds. The fourth-order valence-corrected chi connectivity index (χ4v) is 2.26. The van der Waals surface area contributed by atoms with Crippen LogP contribution < -0.4 is 11.1 Å². The lowest BCUT2D eigenvalue weighted by atomic mass is 10.1. The number of hydrogen-bond acceptors (Lipinski definition) is 3. The van der Waals surface area contributed by atoms with Crippen LogP contribution in [-0.4, -0.2) is 16.9 Å². The van der Waals surface area contributed by atoms with E-state index in [4.69, 9.17) is 5.73 Å². The fraction of sp³-hybridized carbons (Fsp3) is 0.200. The number of amides is 1. The van der Waals surface area contributed by atoms with Crippen molar-refractivity contribution in [3.8, 4) is 0 Å². The second-order valence-corrected chi connectivity index (χ2v) is 4.80. The Bertz CT molecular complexity index is 597. The van der Waals surface area contributed by atoms with Gasteiger partial charge in [-0.25, -0.2) is 4.98 Å². The number of benzene rings is 1. The van der Waals surface area contributed by atoms with E-state index in [1.54, 1.807) is 18.3 Å². The quantitative estimate of drug-likeness (QED) is 0.878. The summed E-state index contributed by atoms with van der Waals surface area (Å²) in [4.78, 5) is 15.9. The van der Waals surface area contributed by atoms with E-state index in [0.717, 1.165) is 6.42 Å². The molecule has 1 aromatic carbocycles. The lowest BCUT2D eigenvalue weighted by Crippen LogP contribution is -2.26. The van der Waals surface area contributed by atoms with Crippen LogP contribution in [0.25, 0.3) is 0 Å². The van der Waals surface area contributed by atoms with Gasteiger partial charge in [-0.1, -0.05) is 30.3 Å². The number of carbonyl (C=O) groups excluding carboxylic acids is 1. The van der Waals surface area contributed by atoms with E-state index in [0.29, 0.717) is 17.3 Å². The highest BCUT2D eigenvalue weighted by Crippen LogP contribution is 2.40. The summed E-state index contributed by atoms with van der Waals surface area (Å²) in [6, 6.07) is 13.7. The number of nitrogens with one attached hydrogen (secondary N) is 1. The van der Waals surface area contributed by atoms with Gasteiger partial charge in [0.15, 0.2) is 0 Å². The molecule has 19 heavy (non-hydrogen) atoms. The summed E-state index contributed by atoms with van der Waals surface area (Å²) < 4.78 is 0. The minimum absolute atomic E-state index is 0.0856. The molecule has 0 saturated heterocycles. The molecule has 2 unspecified atom stereocenters. The second-order valence-electron chi connectivity index (χ2n) is 4.80. The van der Waals surface area contributed by atoms with Crippen LogP contribution in [0.3, 0.4) is 0 Å². The van der Waals surface area contributed by atoms with Crippen LogP contribution in [0.2, 0.25) is 0 Å². The minimum Gasteiger partial charge on any atom is -0.384 e. The lowest BCUT2D eigenvalue weighted by Gasteiger charge is -2.05. The number of pyridine rings is 1. The van der Waals surface area contributed by atoms with Gasteiger partial charge in [0.1, 0.15) is 5.82 Å². The third kappa shape index (κ3) is 2.57. The summed E-state index contributed by atoms with van der Waals surface area (Å²) in [7, 11) is 0. The van der Waals surface area contributed by atoms with E-state index in [1.807, 2.05) is 18.2 Å². The molecule has 0 bridgehead atoms. The highest BCUT2D eigenvalue weighted by Gasteiger charge is 2.39. The predicted octanol–water partition coefficient (Wildman–Crippen LogP) is 1.95. The molecule has 96 valence electrons. The summed E-state index contributed by atoms with van der Waals surface area (Å²) in [5.41, 5.74) is 7.41. The first-order valence-corrected chi connectivity index (χ1v) is 6.31. The molecular formula is C15H15N3O. The maximum atomic E-state index is 12.0. The maximum Gasteiger partial charge on any atom is 0.251 e. The predicted molar refractivity (Wildman–Crippen MR) is 73.7 cm³/mol. The van der Waals surface area contributed by atoms with Crippen molar-refractivity contribution in [2.75, 3.05) is 5.73 Å². The smallest absolute Gasteiger partial charge is 0.251 e. The third-order valence-electron chi connectivity index (χ3n) is 3.38. The number of rotatable bonds is 3. The fourth-order valence-electron chi connectivity index (χ4n) is 2.26. The van der Waals surface area contributed by atoms with Gasteiger partial charge in [-0.2, -0.15) is 0 Å². The third-order valence-corrected chi connectivity index (χ3v) is 3.38. The van der Waals surface area contributed by atoms with Gasteiger partial charge in [0.25, 0.3) is 5.91 Å². The zero-order chi connectivity index (χ0) is 13.2. The average Bonchev–Trinajstić information content (AvgIpc) is 3.19. The van der Waals surface area contributed by atoms with E-state index in [1.165, 1.54) is 5.56 Å². The van der Waals surface area contributed by atoms with Gasteiger partial charge in [0.2, 0.25) is 0 Å². The monoisotopic (exact) mass is 253 g/mol. The van der Waals surface area contributed by atoms with Gasteiger partial charge in [-0.15, -0.1) is 0 Å². The number of carbonyl (C=O) groups is 1. The number of nitrogen functional groups attached to an aromatic ring is 1. The van der Waals surface area contributed by atoms with Crippen molar-refractivity contribution in [3.05, 3.63) is 59.8 Å². The van der Waals surface area contributed by atoms with Crippen LogP contribution in [0, 0.1) is 0 Å². The summed E-state index contributed by atoms with van der Waals surface area (Å²) >= 11 is 0. The van der Waals surface area contributed by atoms with Crippen molar-refractivity contribution in [3.63, 3.8) is 0 Å². The molecule has 1 aliphatic rings. The molecule has 3 N–H and O–H groups in total. The van der Waals surface area contributed by atoms with Crippen molar-refractivity contribution in [2.45, 2.75) is 18.4 Å². The maximum absolute atomic E-state index is 12.0. The molecule has 3 rings (SSSR count). The Morgan fingerprint density at radius 2 is 2.05 bits per heavy atom. The van der Waals surface area contributed by atoms with Crippen molar-refractivity contribution < 1.29 is 4.79 Å². The van der Waals surface area contributed by atoms with E-state index >= 15 is 0 Å². The Labute approximate surface area is 111 Å². The number of nitrogens with two attached hydrogens (primary N) is 1. The van der Waals surface area contributed by atoms with E-state index in [2.05, 4.69) is 22.4 Å². The van der Waals surface area contributed by atoms with Gasteiger partial charge in [0, 0.05) is 23.7 Å². The van der Waals surface area contributed by atoms with Gasteiger partial charge >= 0.3 is 0 Å². The van der Waals surface area contributed by atoms with Crippen molar-refractivity contribution in [2.24, 2.45) is 0 Å². The minimum atomic E-state index is -0.0856. The molecule has 2 aromatic rings. The molecule has 4 heteroatoms. The Morgan fingerprint density at radius 1 is 1.26 bits per heavy atom. The molecule has 4 nitrogen and oxygen atoms in total. The summed E-state index contributed by atoms with van der Waals surface area (Å²) in [6.45, 7) is 0. The summed E-state index contributed by atoms with van der Waals surface area (Å²) in [6.07, 6.45) is 2.54. The first kappa shape index (κ1) is 11.7. The Morgan fingerprint density at radius 3 is 2.79 bits per heavy atom. The van der Waals surface area contributed by atoms with Crippen LogP contribution in [0.15, 0.2) is 48.7 Å². The molecule has 1 heterocycles. The van der Waals surface area contributed by atoms with E-state index in [9.17, 15) is 4.79 Å². The molecule has 0 spiro atoms. The van der Waals surface area contributed by atoms with Crippen LogP contribution in [0.1, 0.15) is 28.3 Å². The van der Waals surface area contributed by atoms with Crippen molar-refractivity contribution in [1.82, 2.24) is 10.3 Å². The Kier molecular flexibility index (Phi) is 2.91. The van der Waals surface area contributed by atoms with Gasteiger partial charge in [0.05, 0.1) is 0 Å². The van der Waals surface area contributed by atoms with Crippen molar-refractivity contribution in [1.29, 1.82) is 0 Å². The first-order chi connectivity index (χ1) is 9.24. The van der Waals surface area contributed by atoms with Crippen LogP contribution in [-0.2, 0) is 0 Å². The van der Waals surface area contributed by atoms with Crippen molar-refractivity contribution >= 4 is 11.7 Å². The van der Waals surface area contributed by atoms with Gasteiger partial charge < -0.3 is 11.1 Å². The largest absolute Gasteiger partial charge is 0.384 e. The molecule has 1 aliphatic carbocycles. The standard InChI is InChI=1S/C15H15N3O/c16-14-8-11(6-7-17-14)15(19)18-13-9-12(13)10-4-2-1-3-5-10/h1-8,12-13H,9H2,(H2,16,17)(H,18,19). The zero-order valence-corrected chi connectivity index (χ0v) is 10.4. The highest BCUT2D eigenvalue weighted by molar-refractivity contribution is 5.95. The number of nitrogens with zero attached hydrogens (tertiary/aromatic N) is 1. The molecule has 0 radical (unpaired) electrons. The molecule has 1 saturated carbocycles. The highest BCUT2D eigenvalue weighted by atomic mass is 16.1. The topological polar surface area (TPSA) is 68.0 Å². The molecule has 1 aromatic heterocycles. The summed E-state index contributed by atoms with van der Waals surface area (Å²) in [5, 5.41) is 3.02. The van der Waals surface area contributed by atoms with E-state index < -0.39 is 0 Å². The normalized spacial score (nSPS) is 20.8. The van der Waals surface area contributed by atoms with Gasteiger partial charge in [-0.3, -0.25) is 4.79 Å².